The van der Waals surface area contributed by atoms with Gasteiger partial charge in [0.15, 0.2) is 0 Å². The molecule has 0 fully saturated rings. The van der Waals surface area contributed by atoms with Crippen LogP contribution in [0.2, 0.25) is 0 Å². The van der Waals surface area contributed by atoms with E-state index < -0.39 is 0 Å². The van der Waals surface area contributed by atoms with E-state index in [4.69, 9.17) is 5.21 Å². The van der Waals surface area contributed by atoms with Crippen LogP contribution in [-0.2, 0) is 4.79 Å². The maximum Gasteiger partial charge on any atom is 0.221 e. The average molecular weight is 180 g/mol. The van der Waals surface area contributed by atoms with Gasteiger partial charge < -0.3 is 10.5 Å². The molecule has 0 aromatic rings. The quantitative estimate of drug-likeness (QED) is 0.470. The average Bonchev–Trinajstić information content (AvgIpc) is 2.07. The lowest BCUT2D eigenvalue weighted by Gasteiger charge is -2.13. The Bertz CT molecular complexity index is 314. The maximum absolute atomic E-state index is 10.7. The highest BCUT2D eigenvalue weighted by Gasteiger charge is 2.12. The first-order valence-electron chi connectivity index (χ1n) is 4.00. The molecule has 0 bridgehead atoms. The van der Waals surface area contributed by atoms with Gasteiger partial charge in [-0.15, -0.1) is 0 Å². The number of nitrogens with one attached hydrogen (secondary N) is 1. The molecule has 0 spiro atoms. The Balaban J connectivity index is 2.86. The van der Waals surface area contributed by atoms with Crippen LogP contribution in [0.3, 0.4) is 0 Å². The van der Waals surface area contributed by atoms with Crippen LogP contribution in [0, 0.1) is 0 Å². The summed E-state index contributed by atoms with van der Waals surface area (Å²) >= 11 is 0. The zero-order valence-corrected chi connectivity index (χ0v) is 7.66. The summed E-state index contributed by atoms with van der Waals surface area (Å²) in [6.07, 6.45) is 4.19. The van der Waals surface area contributed by atoms with Gasteiger partial charge in [-0.2, -0.15) is 0 Å². The van der Waals surface area contributed by atoms with Crippen LogP contribution in [0.15, 0.2) is 28.6 Å². The third-order valence-electron chi connectivity index (χ3n) is 1.72. The van der Waals surface area contributed by atoms with Gasteiger partial charge in [-0.05, 0) is 13.0 Å². The lowest BCUT2D eigenvalue weighted by molar-refractivity contribution is -0.118. The predicted octanol–water partition coefficient (Wildman–Crippen LogP) is 1.19. The molecule has 0 saturated carbocycles. The van der Waals surface area contributed by atoms with E-state index in [9.17, 15) is 4.79 Å². The molecule has 1 rings (SSSR count). The Morgan fingerprint density at radius 1 is 1.62 bits per heavy atom. The van der Waals surface area contributed by atoms with Crippen molar-refractivity contribution in [1.82, 2.24) is 5.32 Å². The Kier molecular flexibility index (Phi) is 2.84. The van der Waals surface area contributed by atoms with Gasteiger partial charge in [0.05, 0.1) is 5.70 Å². The maximum atomic E-state index is 10.7. The van der Waals surface area contributed by atoms with E-state index in [1.165, 1.54) is 6.92 Å². The highest BCUT2D eigenvalue weighted by atomic mass is 16.4. The van der Waals surface area contributed by atoms with Crippen LogP contribution >= 0.6 is 0 Å². The summed E-state index contributed by atoms with van der Waals surface area (Å²) in [5, 5.41) is 14.4. The monoisotopic (exact) mass is 180 g/mol. The van der Waals surface area contributed by atoms with Gasteiger partial charge in [0, 0.05) is 13.3 Å². The minimum absolute atomic E-state index is 0.166. The van der Waals surface area contributed by atoms with Gasteiger partial charge in [-0.1, -0.05) is 16.8 Å². The first-order chi connectivity index (χ1) is 6.13. The first-order valence-corrected chi connectivity index (χ1v) is 4.00. The summed E-state index contributed by atoms with van der Waals surface area (Å²) in [5.41, 5.74) is 2.16. The van der Waals surface area contributed by atoms with Crippen molar-refractivity contribution >= 4 is 11.6 Å². The summed E-state index contributed by atoms with van der Waals surface area (Å²) in [4.78, 5) is 10.7. The number of hydrogen-bond acceptors (Lipinski definition) is 3. The number of carbonyl (C=O) groups excluding carboxylic acids is 1. The molecule has 70 valence electrons. The molecule has 4 nitrogen and oxygen atoms in total. The predicted molar refractivity (Wildman–Crippen MR) is 49.5 cm³/mol. The van der Waals surface area contributed by atoms with Crippen molar-refractivity contribution in [3.8, 4) is 0 Å². The van der Waals surface area contributed by atoms with Gasteiger partial charge >= 0.3 is 0 Å². The fourth-order valence-electron chi connectivity index (χ4n) is 1.13. The molecule has 0 radical (unpaired) electrons. The molecule has 0 heterocycles. The highest BCUT2D eigenvalue weighted by molar-refractivity contribution is 6.04. The largest absolute Gasteiger partial charge is 0.411 e. The van der Waals surface area contributed by atoms with Crippen molar-refractivity contribution in [2.45, 2.75) is 20.3 Å². The molecule has 0 unspecified atom stereocenters. The van der Waals surface area contributed by atoms with Gasteiger partial charge in [-0.25, -0.2) is 0 Å². The Labute approximate surface area is 76.6 Å². The third kappa shape index (κ3) is 2.43. The number of carbonyl (C=O) groups is 1. The zero-order chi connectivity index (χ0) is 9.84. The second-order valence-corrected chi connectivity index (χ2v) is 3.00. The van der Waals surface area contributed by atoms with Crippen molar-refractivity contribution in [3.63, 3.8) is 0 Å². The lowest BCUT2D eigenvalue weighted by Crippen LogP contribution is -2.26. The second-order valence-electron chi connectivity index (χ2n) is 3.00. The van der Waals surface area contributed by atoms with Crippen LogP contribution in [0.25, 0.3) is 0 Å². The molecule has 1 amide bonds. The normalized spacial score (nSPS) is 19.4. The van der Waals surface area contributed by atoms with Crippen LogP contribution < -0.4 is 5.32 Å². The second kappa shape index (κ2) is 3.89. The number of rotatable bonds is 1. The molecule has 2 N–H and O–H groups in total. The summed E-state index contributed by atoms with van der Waals surface area (Å²) < 4.78 is 0. The van der Waals surface area contributed by atoms with Crippen molar-refractivity contribution in [2.24, 2.45) is 5.16 Å². The fourth-order valence-corrected chi connectivity index (χ4v) is 1.13. The molecule has 0 aromatic carbocycles. The number of oxime groups is 1. The highest BCUT2D eigenvalue weighted by Crippen LogP contribution is 2.13. The SMILES string of the molecule is CC(=O)NC1=CC=C(C)CC1=NO. The fraction of sp³-hybridized carbons (Fsp3) is 0.333. The van der Waals surface area contributed by atoms with E-state index in [-0.39, 0.29) is 5.91 Å². The van der Waals surface area contributed by atoms with Crippen molar-refractivity contribution in [3.05, 3.63) is 23.4 Å². The number of nitrogens with zero attached hydrogens (tertiary/aromatic N) is 1. The van der Waals surface area contributed by atoms with E-state index in [0.717, 1.165) is 5.57 Å². The molecule has 0 saturated heterocycles. The van der Waals surface area contributed by atoms with Crippen LogP contribution in [-0.4, -0.2) is 16.8 Å². The molecule has 1 aliphatic carbocycles. The molecular formula is C9H12N2O2. The van der Waals surface area contributed by atoms with Crippen molar-refractivity contribution in [1.29, 1.82) is 0 Å². The summed E-state index contributed by atoms with van der Waals surface area (Å²) in [5.74, 6) is -0.166. The zero-order valence-electron chi connectivity index (χ0n) is 7.66. The molecule has 0 atom stereocenters. The molecule has 1 aliphatic rings. The van der Waals surface area contributed by atoms with Crippen LogP contribution in [0.1, 0.15) is 20.3 Å². The Hall–Kier alpha value is -1.58. The van der Waals surface area contributed by atoms with Crippen molar-refractivity contribution < 1.29 is 10.0 Å². The van der Waals surface area contributed by atoms with Gasteiger partial charge in [0.25, 0.3) is 0 Å². The molecule has 0 aliphatic heterocycles. The van der Waals surface area contributed by atoms with Gasteiger partial charge in [0.1, 0.15) is 5.71 Å². The van der Waals surface area contributed by atoms with Crippen LogP contribution in [0.5, 0.6) is 0 Å². The molecule has 0 aromatic heterocycles. The van der Waals surface area contributed by atoms with E-state index in [1.807, 2.05) is 13.0 Å². The Morgan fingerprint density at radius 2 is 2.31 bits per heavy atom. The summed E-state index contributed by atoms with van der Waals surface area (Å²) in [7, 11) is 0. The van der Waals surface area contributed by atoms with E-state index in [1.54, 1.807) is 6.08 Å². The smallest absolute Gasteiger partial charge is 0.221 e. The van der Waals surface area contributed by atoms with E-state index >= 15 is 0 Å². The van der Waals surface area contributed by atoms with Gasteiger partial charge in [-0.3, -0.25) is 4.79 Å². The first kappa shape index (κ1) is 9.51. The minimum atomic E-state index is -0.166. The van der Waals surface area contributed by atoms with Crippen LogP contribution in [0.4, 0.5) is 0 Å². The standard InChI is InChI=1S/C9H12N2O2/c1-6-3-4-8(10-7(2)12)9(5-6)11-13/h3-4,13H,5H2,1-2H3,(H,10,12). The number of allylic oxidation sites excluding steroid dienone is 4. The van der Waals surface area contributed by atoms with E-state index in [0.29, 0.717) is 17.8 Å². The van der Waals surface area contributed by atoms with Gasteiger partial charge in [0.2, 0.25) is 5.91 Å². The lowest BCUT2D eigenvalue weighted by atomic mass is 10.0. The molecule has 4 heteroatoms. The van der Waals surface area contributed by atoms with E-state index in [2.05, 4.69) is 10.5 Å². The third-order valence-corrected chi connectivity index (χ3v) is 1.72. The number of amides is 1. The molecule has 13 heavy (non-hydrogen) atoms. The summed E-state index contributed by atoms with van der Waals surface area (Å²) in [6.45, 7) is 3.35. The number of hydrogen-bond donors (Lipinski definition) is 2. The summed E-state index contributed by atoms with van der Waals surface area (Å²) in [6, 6.07) is 0. The minimum Gasteiger partial charge on any atom is -0.411 e. The molecular weight excluding hydrogens is 168 g/mol. The van der Waals surface area contributed by atoms with Crippen molar-refractivity contribution in [2.75, 3.05) is 0 Å². The topological polar surface area (TPSA) is 61.7 Å². The Morgan fingerprint density at radius 3 is 2.85 bits per heavy atom.